The van der Waals surface area contributed by atoms with E-state index in [1.807, 2.05) is 0 Å². The molecule has 1 fully saturated rings. The van der Waals surface area contributed by atoms with Crippen LogP contribution in [0.25, 0.3) is 11.3 Å². The lowest BCUT2D eigenvalue weighted by Gasteiger charge is -2.22. The van der Waals surface area contributed by atoms with Gasteiger partial charge >= 0.3 is 0 Å². The number of hydrogen-bond donors (Lipinski definition) is 2. The van der Waals surface area contributed by atoms with Crippen LogP contribution < -0.4 is 11.1 Å². The van der Waals surface area contributed by atoms with Crippen molar-refractivity contribution in [3.05, 3.63) is 29.7 Å². The number of hydrogen-bond acceptors (Lipinski definition) is 6. The van der Waals surface area contributed by atoms with Gasteiger partial charge in [-0.2, -0.15) is 0 Å². The molecule has 0 amide bonds. The normalized spacial score (nSPS) is 18.1. The highest BCUT2D eigenvalue weighted by Crippen LogP contribution is 2.27. The quantitative estimate of drug-likeness (QED) is 0.901. The van der Waals surface area contributed by atoms with Crippen molar-refractivity contribution in [1.29, 1.82) is 0 Å². The first-order valence-electron chi connectivity index (χ1n) is 7.31. The van der Waals surface area contributed by atoms with Crippen LogP contribution >= 0.6 is 11.6 Å². The van der Waals surface area contributed by atoms with Crippen molar-refractivity contribution in [3.63, 3.8) is 0 Å². The van der Waals surface area contributed by atoms with Crippen LogP contribution in [-0.4, -0.2) is 34.2 Å². The second-order valence-corrected chi connectivity index (χ2v) is 5.66. The summed E-state index contributed by atoms with van der Waals surface area (Å²) in [5.74, 6) is 1.09. The monoisotopic (exact) mass is 319 g/mol. The number of aromatic nitrogens is 3. The van der Waals surface area contributed by atoms with Crippen molar-refractivity contribution in [2.24, 2.45) is 0 Å². The summed E-state index contributed by atoms with van der Waals surface area (Å²) in [4.78, 5) is 12.7. The predicted molar refractivity (Wildman–Crippen MR) is 86.8 cm³/mol. The minimum atomic E-state index is 0.236. The molecule has 1 atom stereocenters. The summed E-state index contributed by atoms with van der Waals surface area (Å²) < 4.78 is 5.69. The molecule has 1 saturated heterocycles. The number of nitrogens with one attached hydrogen (secondary N) is 1. The van der Waals surface area contributed by atoms with E-state index in [2.05, 4.69) is 20.3 Å². The average Bonchev–Trinajstić information content (AvgIpc) is 2.56. The van der Waals surface area contributed by atoms with Crippen LogP contribution in [0.15, 0.2) is 24.7 Å². The number of nitrogens with two attached hydrogens (primary N) is 1. The van der Waals surface area contributed by atoms with Gasteiger partial charge in [0.25, 0.3) is 0 Å². The Balaban J connectivity index is 1.73. The zero-order valence-electron chi connectivity index (χ0n) is 12.1. The molecular formula is C15H18ClN5O. The first kappa shape index (κ1) is 15.0. The van der Waals surface area contributed by atoms with Gasteiger partial charge in [-0.25, -0.2) is 9.97 Å². The Hall–Kier alpha value is -1.92. The number of halogens is 1. The smallest absolute Gasteiger partial charge is 0.145 e. The third kappa shape index (κ3) is 3.64. The second-order valence-electron chi connectivity index (χ2n) is 5.25. The predicted octanol–water partition coefficient (Wildman–Crippen LogP) is 2.76. The summed E-state index contributed by atoms with van der Waals surface area (Å²) in [6.45, 7) is 1.56. The Kier molecular flexibility index (Phi) is 4.70. The largest absolute Gasteiger partial charge is 0.384 e. The fraction of sp³-hybridized carbons (Fsp3) is 0.400. The van der Waals surface area contributed by atoms with E-state index >= 15 is 0 Å². The molecule has 3 rings (SSSR count). The molecule has 0 bridgehead atoms. The lowest BCUT2D eigenvalue weighted by molar-refractivity contribution is 0.0247. The van der Waals surface area contributed by atoms with E-state index in [1.54, 1.807) is 18.5 Å². The van der Waals surface area contributed by atoms with E-state index in [9.17, 15) is 0 Å². The molecule has 6 nitrogen and oxygen atoms in total. The van der Waals surface area contributed by atoms with E-state index in [1.165, 1.54) is 12.6 Å². The highest BCUT2D eigenvalue weighted by molar-refractivity contribution is 6.33. The minimum absolute atomic E-state index is 0.236. The van der Waals surface area contributed by atoms with Gasteiger partial charge in [0.1, 0.15) is 11.6 Å². The lowest BCUT2D eigenvalue weighted by atomic mass is 10.1. The molecule has 3 heterocycles. The molecule has 7 heteroatoms. The molecule has 1 aliphatic rings. The maximum absolute atomic E-state index is 6.16. The first-order valence-corrected chi connectivity index (χ1v) is 7.69. The van der Waals surface area contributed by atoms with Gasteiger partial charge in [-0.15, -0.1) is 0 Å². The van der Waals surface area contributed by atoms with E-state index in [0.717, 1.165) is 31.6 Å². The van der Waals surface area contributed by atoms with Crippen LogP contribution in [0.5, 0.6) is 0 Å². The standard InChI is InChI=1S/C15H18ClN5O/c16-12-7-19-14(17)5-11(12)13-8-18-9-15(21-13)20-6-10-3-1-2-4-22-10/h5,7-10H,1-4,6H2,(H2,17,19)(H,20,21). The molecule has 0 aromatic carbocycles. The van der Waals surface area contributed by atoms with Gasteiger partial charge in [0, 0.05) is 24.9 Å². The van der Waals surface area contributed by atoms with Crippen molar-refractivity contribution < 1.29 is 4.74 Å². The van der Waals surface area contributed by atoms with Crippen LogP contribution in [-0.2, 0) is 4.74 Å². The summed E-state index contributed by atoms with van der Waals surface area (Å²) >= 11 is 6.16. The molecule has 0 aliphatic carbocycles. The van der Waals surface area contributed by atoms with Gasteiger partial charge in [0.15, 0.2) is 0 Å². The highest BCUT2D eigenvalue weighted by atomic mass is 35.5. The Morgan fingerprint density at radius 2 is 2.23 bits per heavy atom. The lowest BCUT2D eigenvalue weighted by Crippen LogP contribution is -2.27. The Labute approximate surface area is 134 Å². The van der Waals surface area contributed by atoms with E-state index in [-0.39, 0.29) is 6.10 Å². The van der Waals surface area contributed by atoms with Gasteiger partial charge in [0.2, 0.25) is 0 Å². The number of ether oxygens (including phenoxy) is 1. The number of nitrogen functional groups attached to an aromatic ring is 1. The molecule has 2 aromatic heterocycles. The Bertz CT molecular complexity index is 646. The van der Waals surface area contributed by atoms with Crippen molar-refractivity contribution in [2.45, 2.75) is 25.4 Å². The SMILES string of the molecule is Nc1cc(-c2cncc(NCC3CCCCO3)n2)c(Cl)cn1. The molecule has 1 unspecified atom stereocenters. The molecule has 0 spiro atoms. The number of pyridine rings is 1. The first-order chi connectivity index (χ1) is 10.7. The fourth-order valence-electron chi connectivity index (χ4n) is 2.42. The van der Waals surface area contributed by atoms with Crippen LogP contribution in [0.3, 0.4) is 0 Å². The molecule has 3 N–H and O–H groups in total. The second kappa shape index (κ2) is 6.89. The van der Waals surface area contributed by atoms with Crippen LogP contribution in [0.4, 0.5) is 11.6 Å². The molecule has 2 aromatic rings. The third-order valence-corrected chi connectivity index (χ3v) is 3.87. The summed E-state index contributed by atoms with van der Waals surface area (Å²) in [7, 11) is 0. The van der Waals surface area contributed by atoms with Crippen LogP contribution in [0, 0.1) is 0 Å². The van der Waals surface area contributed by atoms with E-state index in [0.29, 0.717) is 22.4 Å². The summed E-state index contributed by atoms with van der Waals surface area (Å²) in [6, 6.07) is 1.69. The van der Waals surface area contributed by atoms with Crippen molar-refractivity contribution >= 4 is 23.2 Å². The molecule has 116 valence electrons. The van der Waals surface area contributed by atoms with Gasteiger partial charge in [-0.05, 0) is 25.3 Å². The van der Waals surface area contributed by atoms with E-state index in [4.69, 9.17) is 22.1 Å². The van der Waals surface area contributed by atoms with Gasteiger partial charge in [-0.1, -0.05) is 11.6 Å². The van der Waals surface area contributed by atoms with Crippen LogP contribution in [0.2, 0.25) is 5.02 Å². The van der Waals surface area contributed by atoms with E-state index < -0.39 is 0 Å². The van der Waals surface area contributed by atoms with Crippen molar-refractivity contribution in [2.75, 3.05) is 24.2 Å². The molecule has 22 heavy (non-hydrogen) atoms. The van der Waals surface area contributed by atoms with Gasteiger partial charge in [0.05, 0.1) is 29.2 Å². The maximum atomic E-state index is 6.16. The number of rotatable bonds is 4. The summed E-state index contributed by atoms with van der Waals surface area (Å²) in [6.07, 6.45) is 8.53. The van der Waals surface area contributed by atoms with Crippen molar-refractivity contribution in [1.82, 2.24) is 15.0 Å². The maximum Gasteiger partial charge on any atom is 0.145 e. The molecule has 0 saturated carbocycles. The van der Waals surface area contributed by atoms with Gasteiger partial charge < -0.3 is 15.8 Å². The number of anilines is 2. The molecule has 1 aliphatic heterocycles. The third-order valence-electron chi connectivity index (χ3n) is 3.57. The molecule has 0 radical (unpaired) electrons. The summed E-state index contributed by atoms with van der Waals surface area (Å²) in [5, 5.41) is 3.77. The minimum Gasteiger partial charge on any atom is -0.384 e. The van der Waals surface area contributed by atoms with Crippen molar-refractivity contribution in [3.8, 4) is 11.3 Å². The fourth-order valence-corrected chi connectivity index (χ4v) is 2.62. The molecular weight excluding hydrogens is 302 g/mol. The zero-order chi connectivity index (χ0) is 15.4. The number of nitrogens with zero attached hydrogens (tertiary/aromatic N) is 3. The summed E-state index contributed by atoms with van der Waals surface area (Å²) in [5.41, 5.74) is 7.09. The topological polar surface area (TPSA) is 86.0 Å². The Morgan fingerprint density at radius 3 is 3.05 bits per heavy atom. The highest BCUT2D eigenvalue weighted by Gasteiger charge is 2.14. The Morgan fingerprint density at radius 1 is 1.32 bits per heavy atom. The average molecular weight is 320 g/mol. The zero-order valence-corrected chi connectivity index (χ0v) is 12.9. The van der Waals surface area contributed by atoms with Crippen LogP contribution in [0.1, 0.15) is 19.3 Å². The van der Waals surface area contributed by atoms with Gasteiger partial charge in [-0.3, -0.25) is 4.98 Å².